The quantitative estimate of drug-likeness (QED) is 0.503. The molecule has 0 amide bonds. The molecule has 0 saturated heterocycles. The molecule has 0 atom stereocenters. The molecule has 1 heterocycles. The number of rotatable bonds is 10. The molecule has 1 aliphatic carbocycles. The predicted octanol–water partition coefficient (Wildman–Crippen LogP) is 5.25. The lowest BCUT2D eigenvalue weighted by atomic mass is 9.84. The van der Waals surface area contributed by atoms with E-state index in [4.69, 9.17) is 0 Å². The number of pyridine rings is 1. The van der Waals surface area contributed by atoms with E-state index in [1.165, 1.54) is 37.1 Å². The van der Waals surface area contributed by atoms with E-state index in [0.717, 1.165) is 25.7 Å². The molecule has 1 aromatic heterocycles. The summed E-state index contributed by atoms with van der Waals surface area (Å²) in [7, 11) is -3.85. The molecule has 7 nitrogen and oxygen atoms in total. The summed E-state index contributed by atoms with van der Waals surface area (Å²) in [5.74, 6) is -0.277. The molecule has 32 heavy (non-hydrogen) atoms. The summed E-state index contributed by atoms with van der Waals surface area (Å²) >= 11 is 0. The standard InChI is InChI=1S/C24H33N3O4S/c1-3-14-27(15-4-2)23-22(24(28)29)16-20(17-25-23)26-32(30,31)21-12-10-19(11-13-21)18-8-6-5-7-9-18/h10-13,16-18,26H,3-9,14-15H2,1-2H3,(H,28,29). The van der Waals surface area contributed by atoms with E-state index in [9.17, 15) is 18.3 Å². The summed E-state index contributed by atoms with van der Waals surface area (Å²) in [5, 5.41) is 9.70. The highest BCUT2D eigenvalue weighted by Crippen LogP contribution is 2.33. The lowest BCUT2D eigenvalue weighted by Crippen LogP contribution is -2.28. The monoisotopic (exact) mass is 459 g/mol. The molecule has 0 radical (unpaired) electrons. The molecule has 2 aromatic rings. The summed E-state index contributed by atoms with van der Waals surface area (Å²) in [4.78, 5) is 18.2. The minimum absolute atomic E-state index is 0.0141. The van der Waals surface area contributed by atoms with Crippen LogP contribution in [0.1, 0.15) is 80.6 Å². The Bertz CT molecular complexity index is 1010. The van der Waals surface area contributed by atoms with E-state index >= 15 is 0 Å². The zero-order chi connectivity index (χ0) is 23.1. The molecule has 1 saturated carbocycles. The Kier molecular flexibility index (Phi) is 8.12. The Labute approximate surface area is 190 Å². The molecule has 2 N–H and O–H groups in total. The topological polar surface area (TPSA) is 99.6 Å². The summed E-state index contributed by atoms with van der Waals surface area (Å²) in [6, 6.07) is 8.37. The van der Waals surface area contributed by atoms with Crippen molar-refractivity contribution in [1.82, 2.24) is 4.98 Å². The van der Waals surface area contributed by atoms with Gasteiger partial charge in [-0.25, -0.2) is 18.2 Å². The SMILES string of the molecule is CCCN(CCC)c1ncc(NS(=O)(=O)c2ccc(C3CCCCC3)cc2)cc1C(=O)O. The van der Waals surface area contributed by atoms with Gasteiger partial charge < -0.3 is 10.0 Å². The largest absolute Gasteiger partial charge is 0.478 e. The molecule has 0 aliphatic heterocycles. The van der Waals surface area contributed by atoms with Gasteiger partial charge in [0.15, 0.2) is 0 Å². The van der Waals surface area contributed by atoms with Crippen LogP contribution in [-0.2, 0) is 10.0 Å². The third kappa shape index (κ3) is 5.79. The average Bonchev–Trinajstić information content (AvgIpc) is 2.79. The Morgan fingerprint density at radius 3 is 2.28 bits per heavy atom. The first kappa shape index (κ1) is 24.0. The maximum atomic E-state index is 12.9. The number of anilines is 2. The highest BCUT2D eigenvalue weighted by molar-refractivity contribution is 7.92. The summed E-state index contributed by atoms with van der Waals surface area (Å²) in [6.07, 6.45) is 9.09. The minimum atomic E-state index is -3.85. The van der Waals surface area contributed by atoms with Crippen molar-refractivity contribution in [2.75, 3.05) is 22.7 Å². The fraction of sp³-hybridized carbons (Fsp3) is 0.500. The second-order valence-electron chi connectivity index (χ2n) is 8.40. The van der Waals surface area contributed by atoms with Gasteiger partial charge in [-0.1, -0.05) is 45.2 Å². The van der Waals surface area contributed by atoms with Crippen molar-refractivity contribution in [1.29, 1.82) is 0 Å². The number of aromatic carboxylic acids is 1. The summed E-state index contributed by atoms with van der Waals surface area (Å²) in [5.41, 5.74) is 1.30. The zero-order valence-electron chi connectivity index (χ0n) is 18.9. The number of nitrogens with one attached hydrogen (secondary N) is 1. The third-order valence-corrected chi connectivity index (χ3v) is 7.30. The number of aromatic nitrogens is 1. The van der Waals surface area contributed by atoms with Crippen LogP contribution < -0.4 is 9.62 Å². The van der Waals surface area contributed by atoms with Gasteiger partial charge in [-0.3, -0.25) is 4.72 Å². The molecule has 3 rings (SSSR count). The maximum absolute atomic E-state index is 12.9. The van der Waals surface area contributed by atoms with Gasteiger partial charge in [0.2, 0.25) is 0 Å². The Morgan fingerprint density at radius 2 is 1.72 bits per heavy atom. The van der Waals surface area contributed by atoms with Gasteiger partial charge in [0.05, 0.1) is 16.8 Å². The van der Waals surface area contributed by atoms with Crippen LogP contribution in [-0.4, -0.2) is 37.6 Å². The molecule has 1 aromatic carbocycles. The van der Waals surface area contributed by atoms with Crippen molar-refractivity contribution in [2.45, 2.75) is 69.6 Å². The van der Waals surface area contributed by atoms with Gasteiger partial charge in [-0.2, -0.15) is 0 Å². The normalized spacial score (nSPS) is 14.8. The van der Waals surface area contributed by atoms with Gasteiger partial charge in [0.1, 0.15) is 11.4 Å². The van der Waals surface area contributed by atoms with Gasteiger partial charge in [-0.15, -0.1) is 0 Å². The van der Waals surface area contributed by atoms with Crippen LogP contribution in [0.3, 0.4) is 0 Å². The zero-order valence-corrected chi connectivity index (χ0v) is 19.7. The number of carbonyl (C=O) groups is 1. The predicted molar refractivity (Wildman–Crippen MR) is 127 cm³/mol. The average molecular weight is 460 g/mol. The van der Waals surface area contributed by atoms with Crippen molar-refractivity contribution in [3.8, 4) is 0 Å². The highest BCUT2D eigenvalue weighted by Gasteiger charge is 2.21. The van der Waals surface area contributed by atoms with Crippen LogP contribution in [0.4, 0.5) is 11.5 Å². The van der Waals surface area contributed by atoms with Crippen molar-refractivity contribution in [2.24, 2.45) is 0 Å². The van der Waals surface area contributed by atoms with Crippen molar-refractivity contribution in [3.63, 3.8) is 0 Å². The van der Waals surface area contributed by atoms with Gasteiger partial charge in [-0.05, 0) is 55.4 Å². The van der Waals surface area contributed by atoms with Crippen LogP contribution in [0, 0.1) is 0 Å². The minimum Gasteiger partial charge on any atom is -0.478 e. The van der Waals surface area contributed by atoms with E-state index in [2.05, 4.69) is 9.71 Å². The number of sulfonamides is 1. The molecule has 0 spiro atoms. The summed E-state index contributed by atoms with van der Waals surface area (Å²) in [6.45, 7) is 5.40. The molecule has 1 fully saturated rings. The fourth-order valence-electron chi connectivity index (χ4n) is 4.36. The fourth-order valence-corrected chi connectivity index (χ4v) is 5.39. The van der Waals surface area contributed by atoms with Crippen LogP contribution in [0.5, 0.6) is 0 Å². The third-order valence-electron chi connectivity index (χ3n) is 5.90. The Hall–Kier alpha value is -2.61. The molecular weight excluding hydrogens is 426 g/mol. The Morgan fingerprint density at radius 1 is 1.09 bits per heavy atom. The second-order valence-corrected chi connectivity index (χ2v) is 10.1. The first-order chi connectivity index (χ1) is 15.4. The smallest absolute Gasteiger partial charge is 0.339 e. The van der Waals surface area contributed by atoms with Crippen molar-refractivity contribution >= 4 is 27.5 Å². The number of hydrogen-bond acceptors (Lipinski definition) is 5. The molecular formula is C24H33N3O4S. The number of hydrogen-bond donors (Lipinski definition) is 2. The molecule has 0 unspecified atom stereocenters. The van der Waals surface area contributed by atoms with E-state index in [-0.39, 0.29) is 16.1 Å². The molecule has 8 heteroatoms. The summed E-state index contributed by atoms with van der Waals surface area (Å²) < 4.78 is 28.3. The molecule has 0 bridgehead atoms. The van der Waals surface area contributed by atoms with Crippen LogP contribution >= 0.6 is 0 Å². The van der Waals surface area contributed by atoms with Gasteiger partial charge >= 0.3 is 5.97 Å². The lowest BCUT2D eigenvalue weighted by molar-refractivity contribution is 0.0697. The number of carboxylic acid groups (broad SMARTS) is 1. The number of nitrogens with zero attached hydrogens (tertiary/aromatic N) is 2. The van der Waals surface area contributed by atoms with E-state index < -0.39 is 16.0 Å². The highest BCUT2D eigenvalue weighted by atomic mass is 32.2. The second kappa shape index (κ2) is 10.8. The van der Waals surface area contributed by atoms with Crippen molar-refractivity contribution < 1.29 is 18.3 Å². The number of carboxylic acids is 1. The van der Waals surface area contributed by atoms with E-state index in [1.807, 2.05) is 30.9 Å². The first-order valence-electron chi connectivity index (χ1n) is 11.5. The number of benzene rings is 1. The maximum Gasteiger partial charge on any atom is 0.339 e. The lowest BCUT2D eigenvalue weighted by Gasteiger charge is -2.24. The van der Waals surface area contributed by atoms with Crippen LogP contribution in [0.25, 0.3) is 0 Å². The van der Waals surface area contributed by atoms with Gasteiger partial charge in [0, 0.05) is 13.1 Å². The van der Waals surface area contributed by atoms with E-state index in [1.54, 1.807) is 12.1 Å². The van der Waals surface area contributed by atoms with Crippen LogP contribution in [0.2, 0.25) is 0 Å². The van der Waals surface area contributed by atoms with E-state index in [0.29, 0.717) is 24.8 Å². The molecule has 174 valence electrons. The first-order valence-corrected chi connectivity index (χ1v) is 12.9. The Balaban J connectivity index is 1.82. The van der Waals surface area contributed by atoms with Gasteiger partial charge in [0.25, 0.3) is 10.0 Å². The molecule has 1 aliphatic rings. The van der Waals surface area contributed by atoms with Crippen molar-refractivity contribution in [3.05, 3.63) is 47.7 Å². The van der Waals surface area contributed by atoms with Crippen LogP contribution in [0.15, 0.2) is 41.4 Å².